The molecule has 1 amide bonds. The Morgan fingerprint density at radius 2 is 1.71 bits per heavy atom. The normalized spacial score (nSPS) is 17.6. The molecule has 0 aliphatic carbocycles. The van der Waals surface area contributed by atoms with Crippen molar-refractivity contribution in [3.63, 3.8) is 0 Å². The molecule has 0 fully saturated rings. The molecule has 3 aromatic rings. The number of benzene rings is 2. The molecule has 5 nitrogen and oxygen atoms in total. The number of aryl methyl sites for hydroxylation is 2. The van der Waals surface area contributed by atoms with Gasteiger partial charge in [0.1, 0.15) is 5.76 Å². The van der Waals surface area contributed by atoms with Crippen molar-refractivity contribution in [2.75, 3.05) is 5.32 Å². The Balaban J connectivity index is 0.00000225. The first-order chi connectivity index (χ1) is 12.9. The molecule has 2 N–H and O–H groups in total. The first-order valence-corrected chi connectivity index (χ1v) is 8.72. The lowest BCUT2D eigenvalue weighted by molar-refractivity contribution is -0.133. The second kappa shape index (κ2) is 7.26. The molecule has 1 aliphatic heterocycles. The monoisotopic (exact) mass is 397 g/mol. The Hall–Kier alpha value is -2.89. The molecule has 1 atom stereocenters. The number of carbonyl (C=O) groups is 2. The van der Waals surface area contributed by atoms with Gasteiger partial charge in [-0.05, 0) is 32.0 Å². The average molecular weight is 398 g/mol. The third-order valence-electron chi connectivity index (χ3n) is 4.88. The van der Waals surface area contributed by atoms with Crippen LogP contribution in [0.5, 0.6) is 0 Å². The van der Waals surface area contributed by atoms with Gasteiger partial charge in [0.2, 0.25) is 5.78 Å². The SMILES string of the molecule is Cc1ccc(-c2ccc(C(=O)CC3(O)C(=O)Nc4ccc(C)cc43)o2)cc1.Cl. The summed E-state index contributed by atoms with van der Waals surface area (Å²) in [5.74, 6) is -0.340. The number of furan rings is 1. The Kier molecular flexibility index (Phi) is 5.15. The lowest BCUT2D eigenvalue weighted by Crippen LogP contribution is -2.36. The van der Waals surface area contributed by atoms with E-state index in [0.29, 0.717) is 17.0 Å². The van der Waals surface area contributed by atoms with E-state index in [1.807, 2.05) is 44.2 Å². The van der Waals surface area contributed by atoms with Crippen molar-refractivity contribution >= 4 is 29.8 Å². The van der Waals surface area contributed by atoms with Gasteiger partial charge in [-0.2, -0.15) is 0 Å². The van der Waals surface area contributed by atoms with Crippen LogP contribution in [0.4, 0.5) is 5.69 Å². The minimum atomic E-state index is -1.89. The first-order valence-electron chi connectivity index (χ1n) is 8.72. The number of carbonyl (C=O) groups excluding carboxylic acids is 2. The van der Waals surface area contributed by atoms with E-state index in [-0.39, 0.29) is 24.6 Å². The highest BCUT2D eigenvalue weighted by molar-refractivity contribution is 6.09. The number of fused-ring (bicyclic) bond motifs is 1. The summed E-state index contributed by atoms with van der Waals surface area (Å²) in [6.45, 7) is 3.86. The van der Waals surface area contributed by atoms with Gasteiger partial charge in [0.15, 0.2) is 11.4 Å². The molecule has 1 aliphatic rings. The van der Waals surface area contributed by atoms with Crippen LogP contribution in [0.2, 0.25) is 0 Å². The van der Waals surface area contributed by atoms with Gasteiger partial charge in [-0.3, -0.25) is 9.59 Å². The predicted octanol–water partition coefficient (Wildman–Crippen LogP) is 4.40. The van der Waals surface area contributed by atoms with Crippen molar-refractivity contribution in [3.8, 4) is 11.3 Å². The topological polar surface area (TPSA) is 79.5 Å². The number of hydrogen-bond donors (Lipinski definition) is 2. The summed E-state index contributed by atoms with van der Waals surface area (Å²) in [4.78, 5) is 25.1. The second-order valence-electron chi connectivity index (χ2n) is 6.99. The van der Waals surface area contributed by atoms with Crippen LogP contribution in [0, 0.1) is 13.8 Å². The molecule has 0 saturated carbocycles. The van der Waals surface area contributed by atoms with Crippen LogP contribution >= 0.6 is 12.4 Å². The maximum absolute atomic E-state index is 12.7. The zero-order chi connectivity index (χ0) is 19.2. The molecule has 2 heterocycles. The minimum absolute atomic E-state index is 0. The third kappa shape index (κ3) is 3.35. The van der Waals surface area contributed by atoms with Crippen molar-refractivity contribution in [1.29, 1.82) is 0 Å². The van der Waals surface area contributed by atoms with Crippen LogP contribution in [0.25, 0.3) is 11.3 Å². The molecule has 0 saturated heterocycles. The molecule has 2 aromatic carbocycles. The summed E-state index contributed by atoms with van der Waals surface area (Å²) in [5, 5.41) is 13.6. The van der Waals surface area contributed by atoms with E-state index in [4.69, 9.17) is 4.42 Å². The number of nitrogens with one attached hydrogen (secondary N) is 1. The highest BCUT2D eigenvalue weighted by atomic mass is 35.5. The molecule has 144 valence electrons. The van der Waals surface area contributed by atoms with Crippen LogP contribution in [-0.2, 0) is 10.4 Å². The van der Waals surface area contributed by atoms with Gasteiger partial charge in [0.05, 0.1) is 6.42 Å². The van der Waals surface area contributed by atoms with Crippen LogP contribution in [-0.4, -0.2) is 16.8 Å². The molecule has 4 rings (SSSR count). The number of rotatable bonds is 4. The summed E-state index contributed by atoms with van der Waals surface area (Å²) >= 11 is 0. The van der Waals surface area contributed by atoms with E-state index < -0.39 is 17.3 Å². The van der Waals surface area contributed by atoms with Crippen molar-refractivity contribution in [2.45, 2.75) is 25.9 Å². The van der Waals surface area contributed by atoms with Crippen molar-refractivity contribution in [3.05, 3.63) is 77.0 Å². The number of ketones is 1. The fraction of sp³-hybridized carbons (Fsp3) is 0.182. The maximum atomic E-state index is 12.7. The fourth-order valence-corrected chi connectivity index (χ4v) is 3.31. The van der Waals surface area contributed by atoms with Crippen molar-refractivity contribution in [2.24, 2.45) is 0 Å². The lowest BCUT2D eigenvalue weighted by atomic mass is 9.88. The van der Waals surface area contributed by atoms with E-state index >= 15 is 0 Å². The van der Waals surface area contributed by atoms with Gasteiger partial charge in [0, 0.05) is 16.8 Å². The average Bonchev–Trinajstić information content (AvgIpc) is 3.21. The molecular weight excluding hydrogens is 378 g/mol. The van der Waals surface area contributed by atoms with Gasteiger partial charge >= 0.3 is 0 Å². The molecule has 0 bridgehead atoms. The summed E-state index contributed by atoms with van der Waals surface area (Å²) in [5.41, 5.74) is 1.94. The van der Waals surface area contributed by atoms with Crippen LogP contribution in [0.3, 0.4) is 0 Å². The number of Topliss-reactive ketones (excluding diaryl/α,β-unsaturated/α-hetero) is 1. The zero-order valence-corrected chi connectivity index (χ0v) is 16.3. The molecule has 1 unspecified atom stereocenters. The highest BCUT2D eigenvalue weighted by Crippen LogP contribution is 2.39. The number of anilines is 1. The number of halogens is 1. The van der Waals surface area contributed by atoms with Crippen molar-refractivity contribution in [1.82, 2.24) is 0 Å². The molecule has 6 heteroatoms. The fourth-order valence-electron chi connectivity index (χ4n) is 3.31. The summed E-state index contributed by atoms with van der Waals surface area (Å²) in [7, 11) is 0. The van der Waals surface area contributed by atoms with E-state index in [9.17, 15) is 14.7 Å². The highest BCUT2D eigenvalue weighted by Gasteiger charge is 2.47. The van der Waals surface area contributed by atoms with Crippen LogP contribution in [0.15, 0.2) is 59.0 Å². The van der Waals surface area contributed by atoms with E-state index in [1.165, 1.54) is 0 Å². The van der Waals surface area contributed by atoms with Gasteiger partial charge in [-0.25, -0.2) is 0 Å². The minimum Gasteiger partial charge on any atom is -0.453 e. The Morgan fingerprint density at radius 1 is 1.04 bits per heavy atom. The first kappa shape index (κ1) is 19.9. The standard InChI is InChI=1S/C22H19NO4.ClH/c1-13-3-6-15(7-4-13)19-9-10-20(27-19)18(24)12-22(26)16-11-14(2)5-8-17(16)23-21(22)25;/h3-11,26H,12H2,1-2H3,(H,23,25);1H. The van der Waals surface area contributed by atoms with Crippen LogP contribution < -0.4 is 5.32 Å². The third-order valence-corrected chi connectivity index (χ3v) is 4.88. The summed E-state index contributed by atoms with van der Waals surface area (Å²) in [6.07, 6.45) is -0.379. The lowest BCUT2D eigenvalue weighted by Gasteiger charge is -2.19. The number of hydrogen-bond acceptors (Lipinski definition) is 4. The van der Waals surface area contributed by atoms with Gasteiger partial charge in [-0.15, -0.1) is 12.4 Å². The zero-order valence-electron chi connectivity index (χ0n) is 15.5. The molecule has 0 spiro atoms. The molecule has 0 radical (unpaired) electrons. The Morgan fingerprint density at radius 3 is 2.43 bits per heavy atom. The quantitative estimate of drug-likeness (QED) is 0.639. The molecular formula is C22H20ClNO4. The largest absolute Gasteiger partial charge is 0.453 e. The summed E-state index contributed by atoms with van der Waals surface area (Å²) < 4.78 is 5.68. The van der Waals surface area contributed by atoms with E-state index in [1.54, 1.807) is 24.3 Å². The van der Waals surface area contributed by atoms with Gasteiger partial charge in [-0.1, -0.05) is 47.5 Å². The van der Waals surface area contributed by atoms with Gasteiger partial charge < -0.3 is 14.8 Å². The Bertz CT molecular complexity index is 1050. The van der Waals surface area contributed by atoms with Crippen LogP contribution in [0.1, 0.15) is 33.7 Å². The molecule has 28 heavy (non-hydrogen) atoms. The Labute approximate surface area is 168 Å². The predicted molar refractivity (Wildman–Crippen MR) is 109 cm³/mol. The van der Waals surface area contributed by atoms with E-state index in [2.05, 4.69) is 5.32 Å². The van der Waals surface area contributed by atoms with E-state index in [0.717, 1.165) is 16.7 Å². The number of aliphatic hydroxyl groups is 1. The summed E-state index contributed by atoms with van der Waals surface area (Å²) in [6, 6.07) is 16.3. The molecule has 1 aromatic heterocycles. The smallest absolute Gasteiger partial charge is 0.261 e. The second-order valence-corrected chi connectivity index (χ2v) is 6.99. The number of amides is 1. The van der Waals surface area contributed by atoms with Crippen molar-refractivity contribution < 1.29 is 19.1 Å². The maximum Gasteiger partial charge on any atom is 0.261 e. The van der Waals surface area contributed by atoms with Gasteiger partial charge in [0.25, 0.3) is 5.91 Å².